The molecule has 96 valence electrons. The molecule has 0 aliphatic carbocycles. The fourth-order valence-electron chi connectivity index (χ4n) is 1.57. The summed E-state index contributed by atoms with van der Waals surface area (Å²) in [5, 5.41) is 8.50. The van der Waals surface area contributed by atoms with Crippen LogP contribution in [0, 0.1) is 0 Å². The molecule has 0 aromatic rings. The number of allylic oxidation sites excluding steroid dienone is 1. The molecule has 0 amide bonds. The first-order valence-electron chi connectivity index (χ1n) is 5.89. The molecule has 0 rings (SSSR count). The second kappa shape index (κ2) is 8.62. The Bertz CT molecular complexity index is 197. The third-order valence-corrected chi connectivity index (χ3v) is 2.50. The molecule has 1 N–H and O–H groups in total. The lowest BCUT2D eigenvalue weighted by Gasteiger charge is -2.11. The minimum atomic E-state index is -4.29. The van der Waals surface area contributed by atoms with Gasteiger partial charge in [0.2, 0.25) is 0 Å². The Hall–Kier alpha value is -0.510. The summed E-state index contributed by atoms with van der Waals surface area (Å²) in [4.78, 5) is 0. The van der Waals surface area contributed by atoms with Crippen LogP contribution >= 0.6 is 0 Å². The molecule has 0 atom stereocenters. The summed E-state index contributed by atoms with van der Waals surface area (Å²) in [6.45, 7) is 1.57. The van der Waals surface area contributed by atoms with Crippen molar-refractivity contribution in [3.05, 3.63) is 11.6 Å². The van der Waals surface area contributed by atoms with E-state index in [1.807, 2.05) is 0 Å². The van der Waals surface area contributed by atoms with E-state index in [4.69, 9.17) is 5.11 Å². The standard InChI is InChI=1S/C12H21F3O/c1-2-3-4-5-6-7-8-11(9-10-16)12(13,14)15/h9,16H,2-8,10H2,1H3. The molecule has 0 saturated heterocycles. The molecule has 0 heterocycles. The molecule has 0 aliphatic heterocycles. The Kier molecular flexibility index (Phi) is 8.35. The van der Waals surface area contributed by atoms with Crippen LogP contribution in [0.1, 0.15) is 51.9 Å². The molecular formula is C12H21F3O. The number of hydrogen-bond donors (Lipinski definition) is 1. The topological polar surface area (TPSA) is 20.2 Å². The highest BCUT2D eigenvalue weighted by Crippen LogP contribution is 2.29. The predicted molar refractivity (Wildman–Crippen MR) is 59.2 cm³/mol. The van der Waals surface area contributed by atoms with Gasteiger partial charge in [-0.2, -0.15) is 13.2 Å². The first-order chi connectivity index (χ1) is 7.52. The molecule has 0 radical (unpaired) electrons. The van der Waals surface area contributed by atoms with Crippen LogP contribution in [-0.4, -0.2) is 17.9 Å². The molecule has 0 saturated carbocycles. The Morgan fingerprint density at radius 2 is 1.62 bits per heavy atom. The summed E-state index contributed by atoms with van der Waals surface area (Å²) in [7, 11) is 0. The minimum Gasteiger partial charge on any atom is -0.392 e. The lowest BCUT2D eigenvalue weighted by molar-refractivity contribution is -0.0946. The van der Waals surface area contributed by atoms with E-state index in [0.717, 1.165) is 38.2 Å². The summed E-state index contributed by atoms with van der Waals surface area (Å²) in [6, 6.07) is 0. The Balaban J connectivity index is 3.75. The van der Waals surface area contributed by atoms with E-state index >= 15 is 0 Å². The van der Waals surface area contributed by atoms with Crippen molar-refractivity contribution < 1.29 is 18.3 Å². The molecule has 0 aromatic carbocycles. The Morgan fingerprint density at radius 3 is 2.12 bits per heavy atom. The molecule has 0 aliphatic rings. The summed E-state index contributed by atoms with van der Waals surface area (Å²) in [5.74, 6) is 0. The zero-order chi connectivity index (χ0) is 12.4. The second-order valence-corrected chi connectivity index (χ2v) is 3.93. The van der Waals surface area contributed by atoms with Gasteiger partial charge in [0, 0.05) is 5.57 Å². The van der Waals surface area contributed by atoms with E-state index in [1.54, 1.807) is 0 Å². The van der Waals surface area contributed by atoms with E-state index in [9.17, 15) is 13.2 Å². The van der Waals surface area contributed by atoms with Gasteiger partial charge in [0.05, 0.1) is 6.61 Å². The fraction of sp³-hybridized carbons (Fsp3) is 0.833. The number of hydrogen-bond acceptors (Lipinski definition) is 1. The number of aliphatic hydroxyl groups excluding tert-OH is 1. The van der Waals surface area contributed by atoms with Crippen molar-refractivity contribution in [1.29, 1.82) is 0 Å². The third kappa shape index (κ3) is 7.74. The monoisotopic (exact) mass is 238 g/mol. The fourth-order valence-corrected chi connectivity index (χ4v) is 1.57. The largest absolute Gasteiger partial charge is 0.412 e. The van der Waals surface area contributed by atoms with Gasteiger partial charge >= 0.3 is 6.18 Å². The van der Waals surface area contributed by atoms with Crippen LogP contribution in [0.3, 0.4) is 0 Å². The van der Waals surface area contributed by atoms with Crippen LogP contribution in [-0.2, 0) is 0 Å². The molecule has 0 fully saturated rings. The average molecular weight is 238 g/mol. The Morgan fingerprint density at radius 1 is 1.06 bits per heavy atom. The molecule has 1 nitrogen and oxygen atoms in total. The van der Waals surface area contributed by atoms with Gasteiger partial charge in [0.15, 0.2) is 0 Å². The van der Waals surface area contributed by atoms with Gasteiger partial charge < -0.3 is 5.11 Å². The molecular weight excluding hydrogens is 217 g/mol. The summed E-state index contributed by atoms with van der Waals surface area (Å²) in [6.07, 6.45) is 2.37. The zero-order valence-corrected chi connectivity index (χ0v) is 9.82. The van der Waals surface area contributed by atoms with Gasteiger partial charge in [-0.1, -0.05) is 45.1 Å². The number of aliphatic hydroxyl groups is 1. The van der Waals surface area contributed by atoms with Crippen molar-refractivity contribution >= 4 is 0 Å². The van der Waals surface area contributed by atoms with Gasteiger partial charge in [0.1, 0.15) is 0 Å². The molecule has 4 heteroatoms. The molecule has 0 unspecified atom stereocenters. The third-order valence-electron chi connectivity index (χ3n) is 2.50. The number of rotatable bonds is 8. The quantitative estimate of drug-likeness (QED) is 0.496. The highest BCUT2D eigenvalue weighted by Gasteiger charge is 2.32. The molecule has 16 heavy (non-hydrogen) atoms. The normalized spacial score (nSPS) is 13.2. The average Bonchev–Trinajstić information content (AvgIpc) is 2.20. The van der Waals surface area contributed by atoms with E-state index in [0.29, 0.717) is 6.42 Å². The highest BCUT2D eigenvalue weighted by molar-refractivity contribution is 5.08. The van der Waals surface area contributed by atoms with E-state index in [2.05, 4.69) is 6.92 Å². The van der Waals surface area contributed by atoms with Gasteiger partial charge in [0.25, 0.3) is 0 Å². The Labute approximate surface area is 95.4 Å². The molecule has 0 aromatic heterocycles. The maximum atomic E-state index is 12.4. The van der Waals surface area contributed by atoms with Crippen molar-refractivity contribution in [2.24, 2.45) is 0 Å². The number of alkyl halides is 3. The van der Waals surface area contributed by atoms with Crippen LogP contribution in [0.25, 0.3) is 0 Å². The van der Waals surface area contributed by atoms with Crippen molar-refractivity contribution in [2.45, 2.75) is 58.0 Å². The van der Waals surface area contributed by atoms with Crippen LogP contribution in [0.5, 0.6) is 0 Å². The SMILES string of the molecule is CCCCCCCCC(=CCO)C(F)(F)F. The highest BCUT2D eigenvalue weighted by atomic mass is 19.4. The van der Waals surface area contributed by atoms with Crippen LogP contribution in [0.2, 0.25) is 0 Å². The smallest absolute Gasteiger partial charge is 0.392 e. The molecule has 0 spiro atoms. The van der Waals surface area contributed by atoms with Gasteiger partial charge in [-0.25, -0.2) is 0 Å². The van der Waals surface area contributed by atoms with E-state index < -0.39 is 18.4 Å². The van der Waals surface area contributed by atoms with Crippen LogP contribution < -0.4 is 0 Å². The number of halogens is 3. The van der Waals surface area contributed by atoms with E-state index in [-0.39, 0.29) is 6.42 Å². The summed E-state index contributed by atoms with van der Waals surface area (Å²) < 4.78 is 37.1. The summed E-state index contributed by atoms with van der Waals surface area (Å²) in [5.41, 5.74) is -0.592. The minimum absolute atomic E-state index is 0.0240. The van der Waals surface area contributed by atoms with Crippen molar-refractivity contribution in [2.75, 3.05) is 6.61 Å². The van der Waals surface area contributed by atoms with Crippen molar-refractivity contribution in [3.8, 4) is 0 Å². The van der Waals surface area contributed by atoms with Gasteiger partial charge in [-0.15, -0.1) is 0 Å². The lowest BCUT2D eigenvalue weighted by atomic mass is 10.0. The second-order valence-electron chi connectivity index (χ2n) is 3.93. The molecule has 0 bridgehead atoms. The van der Waals surface area contributed by atoms with Crippen molar-refractivity contribution in [1.82, 2.24) is 0 Å². The van der Waals surface area contributed by atoms with Crippen LogP contribution in [0.4, 0.5) is 13.2 Å². The lowest BCUT2D eigenvalue weighted by Crippen LogP contribution is -2.12. The van der Waals surface area contributed by atoms with Gasteiger partial charge in [-0.3, -0.25) is 0 Å². The number of unbranched alkanes of at least 4 members (excludes halogenated alkanes) is 5. The zero-order valence-electron chi connectivity index (χ0n) is 9.82. The first-order valence-corrected chi connectivity index (χ1v) is 5.89. The van der Waals surface area contributed by atoms with Gasteiger partial charge in [-0.05, 0) is 12.8 Å². The first kappa shape index (κ1) is 15.5. The van der Waals surface area contributed by atoms with Crippen molar-refractivity contribution in [3.63, 3.8) is 0 Å². The summed E-state index contributed by atoms with van der Waals surface area (Å²) >= 11 is 0. The predicted octanol–water partition coefficient (Wildman–Crippen LogP) is 4.22. The maximum absolute atomic E-state index is 12.4. The maximum Gasteiger partial charge on any atom is 0.412 e. The van der Waals surface area contributed by atoms with Crippen LogP contribution in [0.15, 0.2) is 11.6 Å². The van der Waals surface area contributed by atoms with E-state index in [1.165, 1.54) is 0 Å².